The molecule has 1 N–H and O–H groups in total. The van der Waals surface area contributed by atoms with E-state index in [1.165, 1.54) is 11.3 Å². The van der Waals surface area contributed by atoms with Gasteiger partial charge in [-0.3, -0.25) is 0 Å². The van der Waals surface area contributed by atoms with E-state index in [0.717, 1.165) is 30.3 Å². The molecule has 2 heterocycles. The molecule has 1 aliphatic heterocycles. The molecule has 3 nitrogen and oxygen atoms in total. The minimum Gasteiger partial charge on any atom is -0.317 e. The summed E-state index contributed by atoms with van der Waals surface area (Å²) >= 11 is 1.73. The van der Waals surface area contributed by atoms with Crippen LogP contribution >= 0.6 is 11.3 Å². The van der Waals surface area contributed by atoms with Crippen molar-refractivity contribution in [1.82, 2.24) is 10.3 Å². The number of fused-ring (bicyclic) bond motifs is 1. The molecule has 17 heavy (non-hydrogen) atoms. The summed E-state index contributed by atoms with van der Waals surface area (Å²) in [6, 6.07) is 8.59. The van der Waals surface area contributed by atoms with Crippen molar-refractivity contribution in [2.24, 2.45) is 0 Å². The van der Waals surface area contributed by atoms with Crippen LogP contribution in [0.3, 0.4) is 0 Å². The highest BCUT2D eigenvalue weighted by atomic mass is 32.1. The number of hydrogen-bond donors (Lipinski definition) is 1. The van der Waals surface area contributed by atoms with E-state index in [9.17, 15) is 0 Å². The number of thiazole rings is 1. The summed E-state index contributed by atoms with van der Waals surface area (Å²) in [5, 5.41) is 6.38. The molecule has 4 heteroatoms. The van der Waals surface area contributed by atoms with Crippen molar-refractivity contribution in [1.29, 1.82) is 0 Å². The molecule has 0 bridgehead atoms. The van der Waals surface area contributed by atoms with Gasteiger partial charge in [0, 0.05) is 24.2 Å². The third kappa shape index (κ3) is 1.94. The molecular weight excluding hydrogens is 230 g/mol. The molecule has 3 rings (SSSR count). The fraction of sp³-hybridized carbons (Fsp3) is 0.308. The van der Waals surface area contributed by atoms with Gasteiger partial charge in [-0.2, -0.15) is 0 Å². The molecule has 88 valence electrons. The van der Waals surface area contributed by atoms with Gasteiger partial charge >= 0.3 is 0 Å². The van der Waals surface area contributed by atoms with E-state index >= 15 is 0 Å². The Kier molecular flexibility index (Phi) is 2.82. The normalized spacial score (nSPS) is 14.1. The van der Waals surface area contributed by atoms with Crippen LogP contribution in [0.1, 0.15) is 11.3 Å². The smallest absolute Gasteiger partial charge is 0.190 e. The average Bonchev–Trinajstić information content (AvgIpc) is 2.95. The number of hydrogen-bond acceptors (Lipinski definition) is 4. The van der Waals surface area contributed by atoms with Crippen LogP contribution in [-0.2, 0) is 13.0 Å². The van der Waals surface area contributed by atoms with E-state index in [-0.39, 0.29) is 0 Å². The van der Waals surface area contributed by atoms with Crippen LogP contribution in [0.5, 0.6) is 0 Å². The van der Waals surface area contributed by atoms with Crippen LogP contribution in [0.25, 0.3) is 0 Å². The lowest BCUT2D eigenvalue weighted by molar-refractivity contribution is 0.796. The van der Waals surface area contributed by atoms with Gasteiger partial charge in [-0.25, -0.2) is 4.98 Å². The molecule has 1 aromatic heterocycles. The molecule has 0 fully saturated rings. The van der Waals surface area contributed by atoms with Gasteiger partial charge in [0.15, 0.2) is 5.13 Å². The van der Waals surface area contributed by atoms with Gasteiger partial charge in [0.2, 0.25) is 0 Å². The maximum atomic E-state index is 4.66. The van der Waals surface area contributed by atoms with E-state index in [1.807, 2.05) is 7.05 Å². The molecule has 0 radical (unpaired) electrons. The molecule has 2 aromatic rings. The maximum absolute atomic E-state index is 4.66. The Morgan fingerprint density at radius 3 is 3.18 bits per heavy atom. The highest BCUT2D eigenvalue weighted by Gasteiger charge is 2.21. The third-order valence-electron chi connectivity index (χ3n) is 3.02. The first kappa shape index (κ1) is 10.7. The Morgan fingerprint density at radius 1 is 1.41 bits per heavy atom. The Hall–Kier alpha value is -1.39. The van der Waals surface area contributed by atoms with Crippen LogP contribution in [0, 0.1) is 0 Å². The molecule has 1 aliphatic rings. The zero-order valence-corrected chi connectivity index (χ0v) is 10.6. The van der Waals surface area contributed by atoms with Crippen molar-refractivity contribution in [2.75, 3.05) is 18.5 Å². The molecule has 0 saturated carbocycles. The first-order valence-electron chi connectivity index (χ1n) is 5.83. The quantitative estimate of drug-likeness (QED) is 0.900. The third-order valence-corrected chi connectivity index (χ3v) is 3.93. The lowest BCUT2D eigenvalue weighted by Gasteiger charge is -2.15. The van der Waals surface area contributed by atoms with E-state index < -0.39 is 0 Å². The summed E-state index contributed by atoms with van der Waals surface area (Å²) in [5.41, 5.74) is 3.87. The second kappa shape index (κ2) is 4.47. The number of anilines is 2. The lowest BCUT2D eigenvalue weighted by Crippen LogP contribution is -2.13. The second-order valence-electron chi connectivity index (χ2n) is 4.18. The number of benzene rings is 1. The number of para-hydroxylation sites is 1. The Morgan fingerprint density at radius 2 is 2.29 bits per heavy atom. The first-order valence-corrected chi connectivity index (χ1v) is 6.71. The summed E-state index contributed by atoms with van der Waals surface area (Å²) in [7, 11) is 1.95. The van der Waals surface area contributed by atoms with Crippen LogP contribution < -0.4 is 10.2 Å². The minimum atomic E-state index is 0.839. The van der Waals surface area contributed by atoms with E-state index in [0.29, 0.717) is 0 Å². The van der Waals surface area contributed by atoms with Crippen LogP contribution in [0.2, 0.25) is 0 Å². The largest absolute Gasteiger partial charge is 0.317 e. The molecule has 0 atom stereocenters. The zero-order chi connectivity index (χ0) is 11.7. The van der Waals surface area contributed by atoms with Crippen LogP contribution in [-0.4, -0.2) is 18.6 Å². The highest BCUT2D eigenvalue weighted by Crippen LogP contribution is 2.35. The van der Waals surface area contributed by atoms with Crippen molar-refractivity contribution >= 4 is 22.2 Å². The molecular formula is C13H15N3S. The molecule has 0 amide bonds. The Bertz CT molecular complexity index is 521. The molecule has 1 aromatic carbocycles. The number of nitrogens with zero attached hydrogens (tertiary/aromatic N) is 2. The molecule has 0 saturated heterocycles. The van der Waals surface area contributed by atoms with Gasteiger partial charge in [-0.15, -0.1) is 11.3 Å². The monoisotopic (exact) mass is 245 g/mol. The number of rotatable bonds is 3. The van der Waals surface area contributed by atoms with Crippen molar-refractivity contribution < 1.29 is 0 Å². The van der Waals surface area contributed by atoms with Crippen molar-refractivity contribution in [3.05, 3.63) is 40.9 Å². The van der Waals surface area contributed by atoms with Crippen LogP contribution in [0.15, 0.2) is 29.6 Å². The van der Waals surface area contributed by atoms with Crippen molar-refractivity contribution in [3.63, 3.8) is 0 Å². The van der Waals surface area contributed by atoms with Gasteiger partial charge in [0.25, 0.3) is 0 Å². The molecule has 0 spiro atoms. The fourth-order valence-electron chi connectivity index (χ4n) is 2.22. The second-order valence-corrected chi connectivity index (χ2v) is 5.02. The predicted octanol–water partition coefficient (Wildman–Crippen LogP) is 2.56. The van der Waals surface area contributed by atoms with Gasteiger partial charge in [-0.05, 0) is 25.1 Å². The standard InChI is InChI=1S/C13H15N3S/c1-14-8-11-9-17-13(15-11)16-7-6-10-4-2-3-5-12(10)16/h2-5,9,14H,6-8H2,1H3. The van der Waals surface area contributed by atoms with E-state index in [2.05, 4.69) is 44.8 Å². The average molecular weight is 245 g/mol. The first-order chi connectivity index (χ1) is 8.38. The van der Waals surface area contributed by atoms with Crippen molar-refractivity contribution in [3.8, 4) is 0 Å². The molecule has 0 unspecified atom stereocenters. The summed E-state index contributed by atoms with van der Waals surface area (Å²) < 4.78 is 0. The highest BCUT2D eigenvalue weighted by molar-refractivity contribution is 7.13. The summed E-state index contributed by atoms with van der Waals surface area (Å²) in [5.74, 6) is 0. The van der Waals surface area contributed by atoms with E-state index in [1.54, 1.807) is 11.3 Å². The van der Waals surface area contributed by atoms with Gasteiger partial charge in [0.1, 0.15) is 0 Å². The fourth-order valence-corrected chi connectivity index (χ4v) is 3.08. The lowest BCUT2D eigenvalue weighted by atomic mass is 10.2. The summed E-state index contributed by atoms with van der Waals surface area (Å²) in [6.45, 7) is 1.89. The summed E-state index contributed by atoms with van der Waals surface area (Å²) in [6.07, 6.45) is 1.12. The van der Waals surface area contributed by atoms with Crippen molar-refractivity contribution in [2.45, 2.75) is 13.0 Å². The van der Waals surface area contributed by atoms with E-state index in [4.69, 9.17) is 0 Å². The van der Waals surface area contributed by atoms with Gasteiger partial charge < -0.3 is 10.2 Å². The number of nitrogens with one attached hydrogen (secondary N) is 1. The number of aromatic nitrogens is 1. The van der Waals surface area contributed by atoms with Gasteiger partial charge in [-0.1, -0.05) is 18.2 Å². The minimum absolute atomic E-state index is 0.839. The zero-order valence-electron chi connectivity index (χ0n) is 9.81. The summed E-state index contributed by atoms with van der Waals surface area (Å²) in [4.78, 5) is 6.98. The van der Waals surface area contributed by atoms with Gasteiger partial charge in [0.05, 0.1) is 5.69 Å². The maximum Gasteiger partial charge on any atom is 0.190 e. The predicted molar refractivity (Wildman–Crippen MR) is 72.0 cm³/mol. The topological polar surface area (TPSA) is 28.2 Å². The SMILES string of the molecule is CNCc1csc(N2CCc3ccccc32)n1. The molecule has 0 aliphatic carbocycles. The Balaban J connectivity index is 1.90. The van der Waals surface area contributed by atoms with Crippen LogP contribution in [0.4, 0.5) is 10.8 Å². The Labute approximate surface area is 105 Å².